The Balaban J connectivity index is 1.42. The number of pyridine rings is 1. The standard InChI is InChI=1S/C22H23FN4O/c1-15-12-20(17-4-3-5-18(23)13-17)25-26-22(15)27-10-7-19(8-11-27)28-21-6-9-24-14-16(21)2/h3-6,9,12-14,19H,7-8,10-11H2,1-2H3. The first kappa shape index (κ1) is 18.3. The van der Waals surface area contributed by atoms with Crippen LogP contribution >= 0.6 is 0 Å². The zero-order chi connectivity index (χ0) is 19.5. The summed E-state index contributed by atoms with van der Waals surface area (Å²) in [6.07, 6.45) is 5.63. The zero-order valence-electron chi connectivity index (χ0n) is 16.1. The van der Waals surface area contributed by atoms with Crippen molar-refractivity contribution in [1.29, 1.82) is 0 Å². The number of hydrogen-bond donors (Lipinski definition) is 0. The van der Waals surface area contributed by atoms with Gasteiger partial charge in [-0.05, 0) is 43.7 Å². The predicted molar refractivity (Wildman–Crippen MR) is 107 cm³/mol. The molecule has 1 aliphatic rings. The molecule has 0 unspecified atom stereocenters. The zero-order valence-corrected chi connectivity index (χ0v) is 16.1. The summed E-state index contributed by atoms with van der Waals surface area (Å²) in [4.78, 5) is 6.36. The Hall–Kier alpha value is -3.02. The molecule has 5 nitrogen and oxygen atoms in total. The monoisotopic (exact) mass is 378 g/mol. The largest absolute Gasteiger partial charge is 0.490 e. The molecule has 0 atom stereocenters. The normalized spacial score (nSPS) is 14.9. The number of hydrogen-bond acceptors (Lipinski definition) is 5. The van der Waals surface area contributed by atoms with Crippen LogP contribution in [0.1, 0.15) is 24.0 Å². The lowest BCUT2D eigenvalue weighted by atomic mass is 10.1. The molecule has 0 amide bonds. The fourth-order valence-electron chi connectivity index (χ4n) is 3.54. The number of aryl methyl sites for hydroxylation is 2. The summed E-state index contributed by atoms with van der Waals surface area (Å²) in [6.45, 7) is 5.76. The lowest BCUT2D eigenvalue weighted by molar-refractivity contribution is 0.169. The van der Waals surface area contributed by atoms with Crippen LogP contribution in [0.15, 0.2) is 48.8 Å². The lowest BCUT2D eigenvalue weighted by Crippen LogP contribution is -2.39. The van der Waals surface area contributed by atoms with Gasteiger partial charge < -0.3 is 9.64 Å². The second-order valence-corrected chi connectivity index (χ2v) is 7.19. The molecule has 1 aromatic carbocycles. The van der Waals surface area contributed by atoms with Gasteiger partial charge in [0.15, 0.2) is 5.82 Å². The molecule has 2 aromatic heterocycles. The maximum absolute atomic E-state index is 13.5. The first-order valence-electron chi connectivity index (χ1n) is 9.52. The minimum Gasteiger partial charge on any atom is -0.490 e. The maximum Gasteiger partial charge on any atom is 0.154 e. The van der Waals surface area contributed by atoms with E-state index < -0.39 is 0 Å². The molecule has 4 rings (SSSR count). The molecule has 144 valence electrons. The summed E-state index contributed by atoms with van der Waals surface area (Å²) >= 11 is 0. The number of piperidine rings is 1. The molecule has 0 aliphatic carbocycles. The van der Waals surface area contributed by atoms with Crippen molar-refractivity contribution >= 4 is 5.82 Å². The summed E-state index contributed by atoms with van der Waals surface area (Å²) in [5.74, 6) is 1.52. The highest BCUT2D eigenvalue weighted by molar-refractivity contribution is 5.62. The van der Waals surface area contributed by atoms with E-state index in [9.17, 15) is 4.39 Å². The van der Waals surface area contributed by atoms with Gasteiger partial charge in [-0.3, -0.25) is 4.98 Å². The number of rotatable bonds is 4. The SMILES string of the molecule is Cc1cnccc1OC1CCN(c2nnc(-c3cccc(F)c3)cc2C)CC1. The van der Waals surface area contributed by atoms with Crippen LogP contribution in [0, 0.1) is 19.7 Å². The summed E-state index contributed by atoms with van der Waals surface area (Å²) in [7, 11) is 0. The van der Waals surface area contributed by atoms with E-state index in [1.165, 1.54) is 12.1 Å². The third kappa shape index (κ3) is 3.96. The van der Waals surface area contributed by atoms with E-state index in [4.69, 9.17) is 4.74 Å². The fourth-order valence-corrected chi connectivity index (χ4v) is 3.54. The average molecular weight is 378 g/mol. The second-order valence-electron chi connectivity index (χ2n) is 7.19. The van der Waals surface area contributed by atoms with Gasteiger partial charge in [-0.25, -0.2) is 4.39 Å². The first-order chi connectivity index (χ1) is 13.6. The van der Waals surface area contributed by atoms with Crippen LogP contribution in [0.5, 0.6) is 5.75 Å². The number of benzene rings is 1. The Morgan fingerprint density at radius 3 is 2.57 bits per heavy atom. The van der Waals surface area contributed by atoms with Crippen LogP contribution in [-0.4, -0.2) is 34.4 Å². The van der Waals surface area contributed by atoms with E-state index >= 15 is 0 Å². The Kier molecular flexibility index (Phi) is 5.19. The van der Waals surface area contributed by atoms with Gasteiger partial charge in [0.05, 0.1) is 5.69 Å². The van der Waals surface area contributed by atoms with E-state index in [1.54, 1.807) is 12.3 Å². The first-order valence-corrected chi connectivity index (χ1v) is 9.52. The van der Waals surface area contributed by atoms with Crippen molar-refractivity contribution in [2.45, 2.75) is 32.8 Å². The molecule has 0 N–H and O–H groups in total. The van der Waals surface area contributed by atoms with Crippen LogP contribution in [-0.2, 0) is 0 Å². The van der Waals surface area contributed by atoms with Crippen molar-refractivity contribution in [3.05, 3.63) is 65.7 Å². The molecule has 28 heavy (non-hydrogen) atoms. The van der Waals surface area contributed by atoms with Gasteiger partial charge in [-0.1, -0.05) is 12.1 Å². The Morgan fingerprint density at radius 2 is 1.86 bits per heavy atom. The maximum atomic E-state index is 13.5. The van der Waals surface area contributed by atoms with E-state index in [0.29, 0.717) is 5.69 Å². The van der Waals surface area contributed by atoms with Crippen molar-refractivity contribution in [3.8, 4) is 17.0 Å². The second kappa shape index (κ2) is 7.92. The molecule has 0 saturated carbocycles. The van der Waals surface area contributed by atoms with E-state index in [0.717, 1.165) is 54.2 Å². The minimum atomic E-state index is -0.271. The Morgan fingerprint density at radius 1 is 1.04 bits per heavy atom. The summed E-state index contributed by atoms with van der Waals surface area (Å²) in [6, 6.07) is 10.3. The highest BCUT2D eigenvalue weighted by Gasteiger charge is 2.23. The molecular formula is C22H23FN4O. The van der Waals surface area contributed by atoms with Gasteiger partial charge >= 0.3 is 0 Å². The Labute approximate surface area is 164 Å². The fraction of sp³-hybridized carbons (Fsp3) is 0.318. The lowest BCUT2D eigenvalue weighted by Gasteiger charge is -2.33. The molecule has 3 heterocycles. The number of ether oxygens (including phenoxy) is 1. The third-order valence-electron chi connectivity index (χ3n) is 5.08. The van der Waals surface area contributed by atoms with Gasteiger partial charge in [0.2, 0.25) is 0 Å². The molecule has 0 bridgehead atoms. The summed E-state index contributed by atoms with van der Waals surface area (Å²) < 4.78 is 19.6. The highest BCUT2D eigenvalue weighted by Crippen LogP contribution is 2.27. The van der Waals surface area contributed by atoms with E-state index in [1.807, 2.05) is 38.2 Å². The van der Waals surface area contributed by atoms with Gasteiger partial charge in [0.1, 0.15) is 17.7 Å². The van der Waals surface area contributed by atoms with Crippen LogP contribution in [0.25, 0.3) is 11.3 Å². The number of aromatic nitrogens is 3. The highest BCUT2D eigenvalue weighted by atomic mass is 19.1. The Bertz CT molecular complexity index is 970. The van der Waals surface area contributed by atoms with Gasteiger partial charge in [0, 0.05) is 49.5 Å². The molecule has 1 aliphatic heterocycles. The summed E-state index contributed by atoms with van der Waals surface area (Å²) in [5, 5.41) is 8.76. The molecule has 0 radical (unpaired) electrons. The topological polar surface area (TPSA) is 51.1 Å². The van der Waals surface area contributed by atoms with Crippen LogP contribution in [0.4, 0.5) is 10.2 Å². The van der Waals surface area contributed by atoms with Crippen molar-refractivity contribution < 1.29 is 9.13 Å². The molecule has 1 fully saturated rings. The van der Waals surface area contributed by atoms with Crippen molar-refractivity contribution in [2.75, 3.05) is 18.0 Å². The molecule has 1 saturated heterocycles. The summed E-state index contributed by atoms with van der Waals surface area (Å²) in [5.41, 5.74) is 3.52. The number of halogens is 1. The molecule has 3 aromatic rings. The van der Waals surface area contributed by atoms with E-state index in [2.05, 4.69) is 20.1 Å². The van der Waals surface area contributed by atoms with Crippen molar-refractivity contribution in [2.24, 2.45) is 0 Å². The predicted octanol–water partition coefficient (Wildman–Crippen LogP) is 4.34. The van der Waals surface area contributed by atoms with E-state index in [-0.39, 0.29) is 11.9 Å². The minimum absolute atomic E-state index is 0.192. The van der Waals surface area contributed by atoms with Gasteiger partial charge in [-0.2, -0.15) is 0 Å². The molecular weight excluding hydrogens is 355 g/mol. The average Bonchev–Trinajstić information content (AvgIpc) is 2.70. The van der Waals surface area contributed by atoms with Crippen LogP contribution < -0.4 is 9.64 Å². The molecule has 6 heteroatoms. The quantitative estimate of drug-likeness (QED) is 0.676. The van der Waals surface area contributed by atoms with Crippen molar-refractivity contribution in [3.63, 3.8) is 0 Å². The smallest absolute Gasteiger partial charge is 0.154 e. The number of nitrogens with zero attached hydrogens (tertiary/aromatic N) is 4. The molecule has 0 spiro atoms. The van der Waals surface area contributed by atoms with Gasteiger partial charge in [0.25, 0.3) is 0 Å². The van der Waals surface area contributed by atoms with Crippen LogP contribution in [0.2, 0.25) is 0 Å². The van der Waals surface area contributed by atoms with Crippen LogP contribution in [0.3, 0.4) is 0 Å². The van der Waals surface area contributed by atoms with Crippen molar-refractivity contribution in [1.82, 2.24) is 15.2 Å². The third-order valence-corrected chi connectivity index (χ3v) is 5.08. The number of anilines is 1. The van der Waals surface area contributed by atoms with Gasteiger partial charge in [-0.15, -0.1) is 10.2 Å².